The van der Waals surface area contributed by atoms with Crippen LogP contribution in [0.4, 0.5) is 0 Å². The maximum absolute atomic E-state index is 12.9. The molecule has 0 bridgehead atoms. The van der Waals surface area contributed by atoms with Crippen LogP contribution in [0.25, 0.3) is 11.0 Å². The minimum Gasteiger partial charge on any atom is -0.506 e. The molecule has 1 amide bonds. The number of carbonyl (C=O) groups excluding carboxylic acids is 2. The Morgan fingerprint density at radius 3 is 1.88 bits per heavy atom. The highest BCUT2D eigenvalue weighted by Crippen LogP contribution is 2.36. The molecule has 4 N–H and O–H groups in total. The lowest BCUT2D eigenvalue weighted by Crippen LogP contribution is -2.30. The van der Waals surface area contributed by atoms with Crippen molar-refractivity contribution in [2.24, 2.45) is 0 Å². The first-order valence-electron chi connectivity index (χ1n) is 14.1. The minimum absolute atomic E-state index is 0.0249. The first kappa shape index (κ1) is 42.4. The summed E-state index contributed by atoms with van der Waals surface area (Å²) in [6.07, 6.45) is 0.635. The number of hydrogen-bond donors (Lipinski definition) is 4. The first-order valence-corrected chi connectivity index (χ1v) is 17.9. The van der Waals surface area contributed by atoms with Crippen molar-refractivity contribution >= 4 is 124 Å². The van der Waals surface area contributed by atoms with Gasteiger partial charge in [-0.25, -0.2) is 0 Å². The fraction of sp³-hybridized carbons (Fsp3) is 0.212. The van der Waals surface area contributed by atoms with E-state index in [0.717, 1.165) is 17.5 Å². The third-order valence-electron chi connectivity index (χ3n) is 6.13. The molecule has 4 aromatic rings. The first-order chi connectivity index (χ1) is 22.6. The van der Waals surface area contributed by atoms with Gasteiger partial charge in [0.15, 0.2) is 5.78 Å². The standard InChI is InChI=1S/C17H12Br2O3.C12H19N3O.C4Cl6/c1-2-13-15(10-5-3-4-6-14(10)22-13)16(20)9-7-11(18)17(21)12(19)8-9;1-9(2)15-12(16)11-6-4-10(5-7-11)8-14-13-3;5-1(3(7)8)2(6)4(9)10/h3-8,21H,2H2,1H3;4-7,9,13-14H,8H2,1-3H3,(H,15,16);. The minimum atomic E-state index is -0.175. The van der Waals surface area contributed by atoms with Gasteiger partial charge >= 0.3 is 0 Å². The van der Waals surface area contributed by atoms with Gasteiger partial charge in [-0.05, 0) is 88.7 Å². The van der Waals surface area contributed by atoms with E-state index in [2.05, 4.69) is 48.0 Å². The van der Waals surface area contributed by atoms with Crippen molar-refractivity contribution in [3.63, 3.8) is 0 Å². The summed E-state index contributed by atoms with van der Waals surface area (Å²) in [7, 11) is 1.82. The third-order valence-corrected chi connectivity index (χ3v) is 9.33. The maximum Gasteiger partial charge on any atom is 0.251 e. The Balaban J connectivity index is 0.000000271. The third kappa shape index (κ3) is 12.5. The van der Waals surface area contributed by atoms with Crippen LogP contribution in [-0.4, -0.2) is 29.9 Å². The molecular weight excluding hydrogens is 875 g/mol. The normalized spacial score (nSPS) is 10.4. The summed E-state index contributed by atoms with van der Waals surface area (Å²) in [4.78, 5) is 24.6. The van der Waals surface area contributed by atoms with E-state index >= 15 is 0 Å². The molecule has 15 heteroatoms. The van der Waals surface area contributed by atoms with Crippen LogP contribution in [0.1, 0.15) is 58.4 Å². The van der Waals surface area contributed by atoms with Crippen LogP contribution in [0.15, 0.2) is 93.1 Å². The summed E-state index contributed by atoms with van der Waals surface area (Å²) >= 11 is 38.3. The van der Waals surface area contributed by atoms with Gasteiger partial charge in [-0.1, -0.05) is 107 Å². The number of aryl methyl sites for hydroxylation is 1. The zero-order chi connectivity index (χ0) is 36.1. The molecule has 0 radical (unpaired) electrons. The van der Waals surface area contributed by atoms with E-state index in [1.807, 2.05) is 76.3 Å². The van der Waals surface area contributed by atoms with Gasteiger partial charge < -0.3 is 14.8 Å². The van der Waals surface area contributed by atoms with Gasteiger partial charge in [0.05, 0.1) is 24.6 Å². The number of rotatable bonds is 9. The topological polar surface area (TPSA) is 104 Å². The van der Waals surface area contributed by atoms with E-state index in [1.165, 1.54) is 0 Å². The summed E-state index contributed by atoms with van der Waals surface area (Å²) in [6.45, 7) is 6.59. The highest BCUT2D eigenvalue weighted by atomic mass is 79.9. The Bertz CT molecular complexity index is 1740. The van der Waals surface area contributed by atoms with Crippen molar-refractivity contribution in [3.8, 4) is 5.75 Å². The molecule has 0 aliphatic carbocycles. The van der Waals surface area contributed by atoms with Crippen LogP contribution >= 0.6 is 101 Å². The van der Waals surface area contributed by atoms with Crippen molar-refractivity contribution in [2.45, 2.75) is 39.8 Å². The van der Waals surface area contributed by atoms with E-state index in [-0.39, 0.29) is 42.5 Å². The average Bonchev–Trinajstić information content (AvgIpc) is 3.44. The van der Waals surface area contributed by atoms with Crippen LogP contribution in [0.3, 0.4) is 0 Å². The van der Waals surface area contributed by atoms with Crippen LogP contribution in [-0.2, 0) is 13.0 Å². The number of ketones is 1. The monoisotopic (exact) mass is 901 g/mol. The van der Waals surface area contributed by atoms with E-state index in [9.17, 15) is 14.7 Å². The number of phenolic OH excluding ortho intramolecular Hbond substituents is 1. The lowest BCUT2D eigenvalue weighted by molar-refractivity contribution is 0.0942. The van der Waals surface area contributed by atoms with Gasteiger partial charge in [-0.3, -0.25) is 20.4 Å². The van der Waals surface area contributed by atoms with Gasteiger partial charge in [-0.2, -0.15) is 0 Å². The molecule has 3 aromatic carbocycles. The molecule has 0 aliphatic heterocycles. The highest BCUT2D eigenvalue weighted by molar-refractivity contribution is 9.11. The molecule has 0 fully saturated rings. The average molecular weight is 906 g/mol. The summed E-state index contributed by atoms with van der Waals surface area (Å²) in [5.41, 5.74) is 9.45. The number of nitrogens with one attached hydrogen (secondary N) is 3. The number of furan rings is 1. The molecule has 0 saturated carbocycles. The molecule has 7 nitrogen and oxygen atoms in total. The number of aromatic hydroxyl groups is 1. The number of carbonyl (C=O) groups is 2. The Morgan fingerprint density at radius 2 is 1.40 bits per heavy atom. The molecule has 4 rings (SSSR count). The van der Waals surface area contributed by atoms with E-state index in [1.54, 1.807) is 12.1 Å². The van der Waals surface area contributed by atoms with E-state index < -0.39 is 0 Å². The van der Waals surface area contributed by atoms with Gasteiger partial charge in [0, 0.05) is 35.5 Å². The van der Waals surface area contributed by atoms with Crippen LogP contribution in [0.5, 0.6) is 5.75 Å². The van der Waals surface area contributed by atoms with Crippen LogP contribution in [0.2, 0.25) is 0 Å². The summed E-state index contributed by atoms with van der Waals surface area (Å²) in [6, 6.07) is 18.5. The van der Waals surface area contributed by atoms with Gasteiger partial charge in [0.25, 0.3) is 5.91 Å². The number of para-hydroxylation sites is 1. The van der Waals surface area contributed by atoms with Crippen molar-refractivity contribution in [1.29, 1.82) is 0 Å². The molecule has 0 saturated heterocycles. The lowest BCUT2D eigenvalue weighted by Gasteiger charge is -2.09. The Morgan fingerprint density at radius 1 is 0.854 bits per heavy atom. The molecule has 1 heterocycles. The van der Waals surface area contributed by atoms with Gasteiger partial charge in [0.1, 0.15) is 26.1 Å². The Hall–Kier alpha value is -1.76. The second-order valence-corrected chi connectivity index (χ2v) is 14.3. The van der Waals surface area contributed by atoms with Crippen molar-refractivity contribution in [2.75, 3.05) is 7.05 Å². The predicted molar refractivity (Wildman–Crippen MR) is 207 cm³/mol. The van der Waals surface area contributed by atoms with E-state index in [0.29, 0.717) is 43.4 Å². The summed E-state index contributed by atoms with van der Waals surface area (Å²) in [5, 5.41) is 13.3. The number of fused-ring (bicyclic) bond motifs is 1. The van der Waals surface area contributed by atoms with Crippen molar-refractivity contribution in [3.05, 3.63) is 117 Å². The zero-order valence-corrected chi connectivity index (χ0v) is 33.7. The molecule has 48 heavy (non-hydrogen) atoms. The van der Waals surface area contributed by atoms with Gasteiger partial charge in [-0.15, -0.1) is 0 Å². The molecule has 0 atom stereocenters. The molecular formula is C33H31Br2Cl6N3O4. The summed E-state index contributed by atoms with van der Waals surface area (Å²) in [5.74, 6) is 0.599. The number of benzene rings is 3. The number of halogens is 8. The summed E-state index contributed by atoms with van der Waals surface area (Å²) < 4.78 is 6.37. The lowest BCUT2D eigenvalue weighted by atomic mass is 9.99. The fourth-order valence-corrected chi connectivity index (χ4v) is 5.86. The Labute approximate surface area is 326 Å². The quantitative estimate of drug-likeness (QED) is 0.0758. The molecule has 258 valence electrons. The number of amides is 1. The van der Waals surface area contributed by atoms with Gasteiger partial charge in [0.2, 0.25) is 0 Å². The van der Waals surface area contributed by atoms with Crippen molar-refractivity contribution < 1.29 is 19.1 Å². The van der Waals surface area contributed by atoms with Crippen molar-refractivity contribution in [1.82, 2.24) is 16.2 Å². The second kappa shape index (κ2) is 20.8. The number of hydrazine groups is 1. The number of hydrogen-bond acceptors (Lipinski definition) is 6. The van der Waals surface area contributed by atoms with Crippen LogP contribution in [0, 0.1) is 0 Å². The smallest absolute Gasteiger partial charge is 0.251 e. The number of allylic oxidation sites excluding steroid dienone is 2. The second-order valence-electron chi connectivity index (χ2n) is 9.94. The number of phenols is 1. The molecule has 0 aliphatic rings. The molecule has 0 unspecified atom stereocenters. The maximum atomic E-state index is 12.9. The predicted octanol–water partition coefficient (Wildman–Crippen LogP) is 11.3. The molecule has 0 spiro atoms. The highest BCUT2D eigenvalue weighted by Gasteiger charge is 2.22. The fourth-order valence-electron chi connectivity index (χ4n) is 3.91. The molecule has 1 aromatic heterocycles. The van der Waals surface area contributed by atoms with E-state index in [4.69, 9.17) is 74.0 Å². The van der Waals surface area contributed by atoms with Crippen LogP contribution < -0.4 is 16.2 Å². The zero-order valence-electron chi connectivity index (χ0n) is 26.0. The Kier molecular flexibility index (Phi) is 18.4. The SMILES string of the molecule is CCc1oc2ccccc2c1C(=O)c1cc(Br)c(O)c(Br)c1.CNNCc1ccc(C(=O)NC(C)C)cc1.ClC(Cl)=C(Cl)C(Cl)=C(Cl)Cl. The largest absolute Gasteiger partial charge is 0.506 e.